The van der Waals surface area contributed by atoms with Gasteiger partial charge in [-0.2, -0.15) is 0 Å². The Balaban J connectivity index is 2.08. The molecule has 0 aliphatic heterocycles. The maximum atomic E-state index is 12.6. The lowest BCUT2D eigenvalue weighted by Crippen LogP contribution is -2.29. The van der Waals surface area contributed by atoms with Crippen LogP contribution in [0.2, 0.25) is 0 Å². The second-order valence-electron chi connectivity index (χ2n) is 5.74. The molecule has 2 N–H and O–H groups in total. The summed E-state index contributed by atoms with van der Waals surface area (Å²) in [6, 6.07) is 15.8. The summed E-state index contributed by atoms with van der Waals surface area (Å²) in [4.78, 5) is 23.5. The van der Waals surface area contributed by atoms with Gasteiger partial charge in [0.25, 0.3) is 5.91 Å². The van der Waals surface area contributed by atoms with E-state index in [1.807, 2.05) is 30.3 Å². The van der Waals surface area contributed by atoms with Crippen molar-refractivity contribution in [1.29, 1.82) is 0 Å². The topological polar surface area (TPSA) is 84.9 Å². The number of carbonyl (C=O) groups excluding carboxylic acids is 1. The monoisotopic (exact) mass is 357 g/mol. The molecule has 0 spiro atoms. The Morgan fingerprint density at radius 2 is 1.85 bits per heavy atom. The number of carboxylic acid groups (broad SMARTS) is 1. The molecular weight excluding hydrogens is 334 g/mol. The van der Waals surface area contributed by atoms with Gasteiger partial charge >= 0.3 is 5.97 Å². The van der Waals surface area contributed by atoms with Gasteiger partial charge in [0.2, 0.25) is 0 Å². The van der Waals surface area contributed by atoms with E-state index in [0.717, 1.165) is 5.56 Å². The molecule has 0 saturated heterocycles. The largest absolute Gasteiger partial charge is 0.491 e. The van der Waals surface area contributed by atoms with Crippen LogP contribution in [0.25, 0.3) is 0 Å². The zero-order valence-electron chi connectivity index (χ0n) is 14.7. The highest BCUT2D eigenvalue weighted by Gasteiger charge is 2.17. The van der Waals surface area contributed by atoms with E-state index in [0.29, 0.717) is 30.9 Å². The van der Waals surface area contributed by atoms with Gasteiger partial charge < -0.3 is 19.9 Å². The van der Waals surface area contributed by atoms with Crippen LogP contribution >= 0.6 is 0 Å². The molecule has 0 aromatic heterocycles. The maximum Gasteiger partial charge on any atom is 0.303 e. The number of methoxy groups -OCH3 is 1. The summed E-state index contributed by atoms with van der Waals surface area (Å²) in [5.41, 5.74) is 1.32. The van der Waals surface area contributed by atoms with E-state index in [2.05, 4.69) is 5.32 Å². The van der Waals surface area contributed by atoms with Crippen LogP contribution in [0.15, 0.2) is 54.6 Å². The number of carbonyl (C=O) groups is 2. The molecule has 6 heteroatoms. The molecule has 0 aliphatic carbocycles. The first-order valence-electron chi connectivity index (χ1n) is 8.39. The Bertz CT molecular complexity index is 717. The van der Waals surface area contributed by atoms with Gasteiger partial charge in [-0.25, -0.2) is 0 Å². The molecule has 0 heterocycles. The van der Waals surface area contributed by atoms with Crippen LogP contribution in [0.3, 0.4) is 0 Å². The quantitative estimate of drug-likeness (QED) is 0.639. The van der Waals surface area contributed by atoms with E-state index in [1.54, 1.807) is 31.4 Å². The van der Waals surface area contributed by atoms with E-state index < -0.39 is 5.97 Å². The van der Waals surface area contributed by atoms with Crippen LogP contribution in [-0.2, 0) is 9.53 Å². The summed E-state index contributed by atoms with van der Waals surface area (Å²) >= 11 is 0. The molecule has 6 nitrogen and oxygen atoms in total. The fraction of sp³-hybridized carbons (Fsp3) is 0.300. The molecule has 0 fully saturated rings. The average Bonchev–Trinajstić information content (AvgIpc) is 2.66. The van der Waals surface area contributed by atoms with Crippen molar-refractivity contribution in [1.82, 2.24) is 5.32 Å². The molecule has 0 bridgehead atoms. The minimum Gasteiger partial charge on any atom is -0.491 e. The number of hydrogen-bond donors (Lipinski definition) is 2. The van der Waals surface area contributed by atoms with Gasteiger partial charge in [-0.05, 0) is 30.2 Å². The molecule has 0 saturated carbocycles. The summed E-state index contributed by atoms with van der Waals surface area (Å²) in [5.74, 6) is -0.591. The second kappa shape index (κ2) is 10.2. The Hall–Kier alpha value is -2.86. The molecule has 138 valence electrons. The van der Waals surface area contributed by atoms with Crippen molar-refractivity contribution in [2.45, 2.75) is 18.9 Å². The molecular formula is C20H23NO5. The first kappa shape index (κ1) is 19.5. The summed E-state index contributed by atoms with van der Waals surface area (Å²) in [6.45, 7) is 0.856. The number of rotatable bonds is 10. The normalized spacial score (nSPS) is 11.6. The highest BCUT2D eigenvalue weighted by Crippen LogP contribution is 2.20. The first-order chi connectivity index (χ1) is 12.6. The van der Waals surface area contributed by atoms with Crippen LogP contribution in [0, 0.1) is 0 Å². The number of amides is 1. The fourth-order valence-corrected chi connectivity index (χ4v) is 2.49. The predicted molar refractivity (Wildman–Crippen MR) is 97.3 cm³/mol. The number of hydrogen-bond acceptors (Lipinski definition) is 4. The second-order valence-corrected chi connectivity index (χ2v) is 5.74. The highest BCUT2D eigenvalue weighted by atomic mass is 16.5. The molecule has 2 aromatic carbocycles. The summed E-state index contributed by atoms with van der Waals surface area (Å²) in [7, 11) is 1.59. The number of benzene rings is 2. The smallest absolute Gasteiger partial charge is 0.303 e. The van der Waals surface area contributed by atoms with Crippen LogP contribution in [0.1, 0.15) is 34.8 Å². The van der Waals surface area contributed by atoms with Crippen molar-refractivity contribution in [3.63, 3.8) is 0 Å². The van der Waals surface area contributed by atoms with Gasteiger partial charge in [-0.3, -0.25) is 9.59 Å². The van der Waals surface area contributed by atoms with E-state index >= 15 is 0 Å². The van der Waals surface area contributed by atoms with Gasteiger partial charge in [-0.1, -0.05) is 36.4 Å². The lowest BCUT2D eigenvalue weighted by atomic mass is 10.0. The maximum absolute atomic E-state index is 12.6. The fourth-order valence-electron chi connectivity index (χ4n) is 2.49. The zero-order valence-corrected chi connectivity index (χ0v) is 14.7. The molecule has 1 atom stereocenters. The first-order valence-corrected chi connectivity index (χ1v) is 8.39. The lowest BCUT2D eigenvalue weighted by molar-refractivity contribution is -0.137. The third-order valence-corrected chi connectivity index (χ3v) is 3.81. The number of ether oxygens (including phenoxy) is 2. The summed E-state index contributed by atoms with van der Waals surface area (Å²) in [6.07, 6.45) is 0.287. The van der Waals surface area contributed by atoms with Gasteiger partial charge in [0, 0.05) is 19.1 Å². The lowest BCUT2D eigenvalue weighted by Gasteiger charge is -2.19. The molecule has 0 aliphatic rings. The minimum atomic E-state index is -0.895. The molecule has 2 aromatic rings. The van der Waals surface area contributed by atoms with E-state index in [9.17, 15) is 9.59 Å². The number of carboxylic acids is 1. The van der Waals surface area contributed by atoms with Crippen molar-refractivity contribution in [2.75, 3.05) is 20.3 Å². The molecule has 2 rings (SSSR count). The number of aliphatic carboxylic acids is 1. The summed E-state index contributed by atoms with van der Waals surface area (Å²) in [5, 5.41) is 11.9. The van der Waals surface area contributed by atoms with Crippen molar-refractivity contribution >= 4 is 11.9 Å². The van der Waals surface area contributed by atoms with Crippen LogP contribution in [0.4, 0.5) is 0 Å². The van der Waals surface area contributed by atoms with Crippen LogP contribution in [-0.4, -0.2) is 37.3 Å². The van der Waals surface area contributed by atoms with Gasteiger partial charge in [-0.15, -0.1) is 0 Å². The van der Waals surface area contributed by atoms with Gasteiger partial charge in [0.1, 0.15) is 12.4 Å². The Labute approximate surface area is 152 Å². The van der Waals surface area contributed by atoms with Crippen molar-refractivity contribution in [2.24, 2.45) is 0 Å². The molecule has 1 unspecified atom stereocenters. The SMILES string of the molecule is COCCOc1cccc(C(=O)NC(CCC(=O)O)c2ccccc2)c1. The highest BCUT2D eigenvalue weighted by molar-refractivity contribution is 5.94. The van der Waals surface area contributed by atoms with Gasteiger partial charge in [0.05, 0.1) is 12.6 Å². The standard InChI is InChI=1S/C20H23NO5/c1-25-12-13-26-17-9-5-8-16(14-17)20(24)21-18(10-11-19(22)23)15-6-3-2-4-7-15/h2-9,14,18H,10-13H2,1H3,(H,21,24)(H,22,23). The molecule has 0 radical (unpaired) electrons. The average molecular weight is 357 g/mol. The molecule has 1 amide bonds. The van der Waals surface area contributed by atoms with E-state index in [4.69, 9.17) is 14.6 Å². The van der Waals surface area contributed by atoms with Gasteiger partial charge in [0.15, 0.2) is 0 Å². The van der Waals surface area contributed by atoms with Crippen molar-refractivity contribution in [3.05, 3.63) is 65.7 Å². The van der Waals surface area contributed by atoms with Crippen LogP contribution in [0.5, 0.6) is 5.75 Å². The van der Waals surface area contributed by atoms with E-state index in [-0.39, 0.29) is 18.4 Å². The third kappa shape index (κ3) is 6.22. The van der Waals surface area contributed by atoms with E-state index in [1.165, 1.54) is 0 Å². The molecule has 26 heavy (non-hydrogen) atoms. The van der Waals surface area contributed by atoms with Crippen LogP contribution < -0.4 is 10.1 Å². The third-order valence-electron chi connectivity index (χ3n) is 3.81. The predicted octanol–water partition coefficient (Wildman–Crippen LogP) is 3.05. The Morgan fingerprint density at radius 1 is 1.08 bits per heavy atom. The zero-order chi connectivity index (χ0) is 18.8. The number of nitrogens with one attached hydrogen (secondary N) is 1. The van der Waals surface area contributed by atoms with Crippen molar-refractivity contribution < 1.29 is 24.2 Å². The summed E-state index contributed by atoms with van der Waals surface area (Å²) < 4.78 is 10.5. The Morgan fingerprint density at radius 3 is 2.54 bits per heavy atom. The minimum absolute atomic E-state index is 0.0278. The Kier molecular flexibility index (Phi) is 7.64. The van der Waals surface area contributed by atoms with Crippen molar-refractivity contribution in [3.8, 4) is 5.75 Å².